The van der Waals surface area contributed by atoms with E-state index in [1.165, 1.54) is 6.26 Å². The van der Waals surface area contributed by atoms with E-state index >= 15 is 0 Å². The quantitative estimate of drug-likeness (QED) is 0.878. The molecule has 1 aromatic carbocycles. The van der Waals surface area contributed by atoms with Crippen LogP contribution in [-0.2, 0) is 9.84 Å². The van der Waals surface area contributed by atoms with E-state index in [1.54, 1.807) is 24.3 Å². The van der Waals surface area contributed by atoms with Gasteiger partial charge in [0.2, 0.25) is 0 Å². The molecule has 2 atom stereocenters. The minimum Gasteiger partial charge on any atom is -0.391 e. The number of rotatable bonds is 3. The van der Waals surface area contributed by atoms with Crippen LogP contribution < -0.4 is 5.32 Å². The molecule has 18 heavy (non-hydrogen) atoms. The first-order valence-electron chi connectivity index (χ1n) is 6.21. The van der Waals surface area contributed by atoms with Gasteiger partial charge in [0.1, 0.15) is 0 Å². The Morgan fingerprint density at radius 2 is 1.78 bits per heavy atom. The Morgan fingerprint density at radius 3 is 2.33 bits per heavy atom. The van der Waals surface area contributed by atoms with E-state index < -0.39 is 9.84 Å². The third-order valence-corrected chi connectivity index (χ3v) is 4.49. The van der Waals surface area contributed by atoms with Crippen molar-refractivity contribution in [1.29, 1.82) is 0 Å². The summed E-state index contributed by atoms with van der Waals surface area (Å²) in [4.78, 5) is 0.317. The highest BCUT2D eigenvalue weighted by atomic mass is 32.2. The lowest BCUT2D eigenvalue weighted by Gasteiger charge is -2.29. The molecule has 1 aliphatic carbocycles. The number of anilines is 1. The van der Waals surface area contributed by atoms with E-state index in [1.807, 2.05) is 0 Å². The fourth-order valence-corrected chi connectivity index (χ4v) is 2.92. The maximum Gasteiger partial charge on any atom is 0.175 e. The van der Waals surface area contributed by atoms with E-state index in [-0.39, 0.29) is 12.1 Å². The Morgan fingerprint density at radius 1 is 1.17 bits per heavy atom. The standard InChI is InChI=1S/C13H19NO3S/c1-18(16,17)11-8-6-10(7-9-11)14-12-4-2-3-5-13(12)15/h6-9,12-15H,2-5H2,1H3/t12-,13-/m0/s1. The number of nitrogens with one attached hydrogen (secondary N) is 1. The van der Waals surface area contributed by atoms with E-state index in [9.17, 15) is 13.5 Å². The third-order valence-electron chi connectivity index (χ3n) is 3.36. The maximum absolute atomic E-state index is 11.3. The van der Waals surface area contributed by atoms with Gasteiger partial charge in [0.25, 0.3) is 0 Å². The Kier molecular flexibility index (Phi) is 3.92. The van der Waals surface area contributed by atoms with Crippen molar-refractivity contribution >= 4 is 15.5 Å². The van der Waals surface area contributed by atoms with Crippen LogP contribution in [0.5, 0.6) is 0 Å². The van der Waals surface area contributed by atoms with E-state index in [0.29, 0.717) is 4.90 Å². The molecule has 0 aliphatic heterocycles. The summed E-state index contributed by atoms with van der Waals surface area (Å²) in [6, 6.07) is 6.75. The monoisotopic (exact) mass is 269 g/mol. The number of benzene rings is 1. The molecule has 2 N–H and O–H groups in total. The molecule has 0 bridgehead atoms. The summed E-state index contributed by atoms with van der Waals surface area (Å²) in [7, 11) is -3.14. The average Bonchev–Trinajstić information content (AvgIpc) is 2.32. The predicted octanol–water partition coefficient (Wildman–Crippen LogP) is 1.81. The van der Waals surface area contributed by atoms with Crippen molar-refractivity contribution in [3.8, 4) is 0 Å². The normalized spacial score (nSPS) is 24.8. The number of hydrogen-bond acceptors (Lipinski definition) is 4. The fourth-order valence-electron chi connectivity index (χ4n) is 2.29. The molecule has 1 aromatic rings. The second-order valence-electron chi connectivity index (χ2n) is 4.90. The summed E-state index contributed by atoms with van der Waals surface area (Å²) < 4.78 is 22.7. The Hall–Kier alpha value is -1.07. The molecule has 0 unspecified atom stereocenters. The van der Waals surface area contributed by atoms with Crippen molar-refractivity contribution in [1.82, 2.24) is 0 Å². The number of hydrogen-bond donors (Lipinski definition) is 2. The zero-order valence-corrected chi connectivity index (χ0v) is 11.3. The van der Waals surface area contributed by atoms with Gasteiger partial charge in [-0.25, -0.2) is 8.42 Å². The summed E-state index contributed by atoms with van der Waals surface area (Å²) >= 11 is 0. The Balaban J connectivity index is 2.06. The van der Waals surface area contributed by atoms with Gasteiger partial charge in [0.15, 0.2) is 9.84 Å². The molecule has 0 spiro atoms. The van der Waals surface area contributed by atoms with Gasteiger partial charge in [0, 0.05) is 11.9 Å². The van der Waals surface area contributed by atoms with Gasteiger partial charge in [-0.2, -0.15) is 0 Å². The molecule has 4 nitrogen and oxygen atoms in total. The maximum atomic E-state index is 11.3. The zero-order chi connectivity index (χ0) is 13.2. The fraction of sp³-hybridized carbons (Fsp3) is 0.538. The van der Waals surface area contributed by atoms with Gasteiger partial charge in [0.05, 0.1) is 17.0 Å². The van der Waals surface area contributed by atoms with Gasteiger partial charge in [-0.3, -0.25) is 0 Å². The van der Waals surface area contributed by atoms with Crippen molar-refractivity contribution in [2.75, 3.05) is 11.6 Å². The lowest BCUT2D eigenvalue weighted by molar-refractivity contribution is 0.116. The molecular weight excluding hydrogens is 250 g/mol. The summed E-state index contributed by atoms with van der Waals surface area (Å²) in [5, 5.41) is 13.1. The minimum atomic E-state index is -3.14. The number of aliphatic hydroxyl groups is 1. The lowest BCUT2D eigenvalue weighted by Crippen LogP contribution is -2.36. The molecule has 0 amide bonds. The van der Waals surface area contributed by atoms with Crippen LogP contribution in [0.2, 0.25) is 0 Å². The van der Waals surface area contributed by atoms with Crippen LogP contribution >= 0.6 is 0 Å². The SMILES string of the molecule is CS(=O)(=O)c1ccc(N[C@H]2CCCC[C@@H]2O)cc1. The Bertz CT molecular complexity index is 495. The van der Waals surface area contributed by atoms with Crippen molar-refractivity contribution < 1.29 is 13.5 Å². The van der Waals surface area contributed by atoms with Crippen molar-refractivity contribution in [3.05, 3.63) is 24.3 Å². The molecule has 5 heteroatoms. The largest absolute Gasteiger partial charge is 0.391 e. The van der Waals surface area contributed by atoms with E-state index in [0.717, 1.165) is 31.4 Å². The predicted molar refractivity (Wildman–Crippen MR) is 71.4 cm³/mol. The first kappa shape index (κ1) is 13.4. The van der Waals surface area contributed by atoms with E-state index in [2.05, 4.69) is 5.32 Å². The summed E-state index contributed by atoms with van der Waals surface area (Å²) in [5.74, 6) is 0. The molecular formula is C13H19NO3S. The van der Waals surface area contributed by atoms with Crippen LogP contribution in [0.4, 0.5) is 5.69 Å². The topological polar surface area (TPSA) is 66.4 Å². The highest BCUT2D eigenvalue weighted by Gasteiger charge is 2.22. The average molecular weight is 269 g/mol. The molecule has 0 heterocycles. The lowest BCUT2D eigenvalue weighted by atomic mass is 9.92. The van der Waals surface area contributed by atoms with Gasteiger partial charge < -0.3 is 10.4 Å². The van der Waals surface area contributed by atoms with Crippen LogP contribution in [-0.4, -0.2) is 31.9 Å². The van der Waals surface area contributed by atoms with Crippen LogP contribution in [0.15, 0.2) is 29.2 Å². The van der Waals surface area contributed by atoms with Crippen molar-refractivity contribution in [3.63, 3.8) is 0 Å². The van der Waals surface area contributed by atoms with Crippen molar-refractivity contribution in [2.45, 2.75) is 42.7 Å². The second kappa shape index (κ2) is 5.28. The highest BCUT2D eigenvalue weighted by molar-refractivity contribution is 7.90. The molecule has 0 aromatic heterocycles. The first-order valence-corrected chi connectivity index (χ1v) is 8.11. The zero-order valence-electron chi connectivity index (χ0n) is 10.5. The van der Waals surface area contributed by atoms with Gasteiger partial charge >= 0.3 is 0 Å². The smallest absolute Gasteiger partial charge is 0.175 e. The summed E-state index contributed by atoms with van der Waals surface area (Å²) in [5.41, 5.74) is 0.855. The molecule has 100 valence electrons. The molecule has 2 rings (SSSR count). The third kappa shape index (κ3) is 3.23. The molecule has 1 aliphatic rings. The minimum absolute atomic E-state index is 0.0721. The number of sulfone groups is 1. The van der Waals surface area contributed by atoms with Crippen LogP contribution in [0, 0.1) is 0 Å². The van der Waals surface area contributed by atoms with Crippen LogP contribution in [0.3, 0.4) is 0 Å². The Labute approximate surface area is 108 Å². The number of aliphatic hydroxyl groups excluding tert-OH is 1. The van der Waals surface area contributed by atoms with Crippen LogP contribution in [0.1, 0.15) is 25.7 Å². The van der Waals surface area contributed by atoms with Crippen molar-refractivity contribution in [2.24, 2.45) is 0 Å². The summed E-state index contributed by atoms with van der Waals surface area (Å²) in [6.07, 6.45) is 4.87. The van der Waals surface area contributed by atoms with Gasteiger partial charge in [-0.05, 0) is 37.1 Å². The molecule has 0 radical (unpaired) electrons. The molecule has 1 fully saturated rings. The highest BCUT2D eigenvalue weighted by Crippen LogP contribution is 2.23. The van der Waals surface area contributed by atoms with Gasteiger partial charge in [-0.1, -0.05) is 12.8 Å². The summed E-state index contributed by atoms with van der Waals surface area (Å²) in [6.45, 7) is 0. The van der Waals surface area contributed by atoms with Crippen LogP contribution in [0.25, 0.3) is 0 Å². The van der Waals surface area contributed by atoms with Gasteiger partial charge in [-0.15, -0.1) is 0 Å². The molecule has 1 saturated carbocycles. The first-order chi connectivity index (χ1) is 8.47. The van der Waals surface area contributed by atoms with E-state index in [4.69, 9.17) is 0 Å². The second-order valence-corrected chi connectivity index (χ2v) is 6.91. The molecule has 0 saturated heterocycles.